The second kappa shape index (κ2) is 38.4. The number of hydrogen-bond donors (Lipinski definition) is 0. The lowest BCUT2D eigenvalue weighted by atomic mass is 9.98. The molecule has 0 fully saturated rings. The van der Waals surface area contributed by atoms with E-state index in [1.807, 2.05) is 218 Å². The highest BCUT2D eigenvalue weighted by Crippen LogP contribution is 2.42. The van der Waals surface area contributed by atoms with Gasteiger partial charge in [-0.05, 0) is 242 Å². The maximum absolute atomic E-state index is 13.4. The fourth-order valence-corrected chi connectivity index (χ4v) is 17.9. The number of carbonyl (C=O) groups excluding carboxylic acids is 2. The SMILES string of the molecule is O=C(c1ccc2c(c1)CN(c1ccccc1)CO2)c1ccc2c(c1)CN(c1ccccc1)CO2.O=C(c1ccc2c(c1)CN(c1ccccc1)CO2)c1ccc2c(c1)CN(c1ccccc1)CO2.c1ccc(N2COc3ccc(-c4ccc5c(c4)CN(c4ccccc4)CO5)cc3C2)cc1.c1ccc(N2COc3ccc(Oc4ccc5c(c4)CN(c4ccccc4)CO5)cc3C2)cc1. The van der Waals surface area contributed by atoms with Crippen LogP contribution in [0.2, 0.25) is 0 Å². The van der Waals surface area contributed by atoms with Crippen LogP contribution in [0, 0.1) is 0 Å². The normalized spacial score (nSPS) is 14.6. The number of carbonyl (C=O) groups is 2. The number of fused-ring (bicyclic) bond motifs is 8. The summed E-state index contributed by atoms with van der Waals surface area (Å²) >= 11 is 0. The van der Waals surface area contributed by atoms with Crippen molar-refractivity contribution in [3.05, 3.63) is 455 Å². The van der Waals surface area contributed by atoms with E-state index in [4.69, 9.17) is 42.6 Å². The Bertz CT molecular complexity index is 6200. The van der Waals surface area contributed by atoms with Crippen molar-refractivity contribution >= 4 is 57.1 Å². The highest BCUT2D eigenvalue weighted by atomic mass is 16.5. The molecule has 0 saturated heterocycles. The Morgan fingerprint density at radius 1 is 0.180 bits per heavy atom. The first kappa shape index (κ1) is 83.4. The van der Waals surface area contributed by atoms with Crippen LogP contribution in [-0.2, 0) is 52.4 Å². The Morgan fingerprint density at radius 2 is 0.346 bits per heavy atom. The van der Waals surface area contributed by atoms with Crippen LogP contribution in [0.25, 0.3) is 11.1 Å². The number of rotatable bonds is 15. The van der Waals surface area contributed by atoms with Gasteiger partial charge in [-0.3, -0.25) is 9.59 Å². The minimum absolute atomic E-state index is 0.000677. The molecule has 0 spiro atoms. The van der Waals surface area contributed by atoms with Gasteiger partial charge in [-0.25, -0.2) is 0 Å². The Balaban J connectivity index is 0.000000107. The van der Waals surface area contributed by atoms with Crippen molar-refractivity contribution in [1.82, 2.24) is 0 Å². The minimum atomic E-state index is -0.000677. The second-order valence-electron chi connectivity index (χ2n) is 33.7. The van der Waals surface area contributed by atoms with E-state index in [9.17, 15) is 9.59 Å². The molecule has 0 radical (unpaired) electrons. The van der Waals surface area contributed by atoms with Gasteiger partial charge in [0.15, 0.2) is 65.4 Å². The molecule has 8 aliphatic rings. The maximum atomic E-state index is 13.4. The molecule has 658 valence electrons. The quantitative estimate of drug-likeness (QED) is 0.0897. The standard InChI is InChI=1S/2C29H24N2O3.C28H24N2O3.C28H24N2O2/c2*32-29(21-11-13-27-23(15-21)17-30(19-33-27)25-7-3-1-4-8-25)22-12-14-28-24(16-22)18-31(20-34-28)26-9-5-2-6-10-26;1-3-7-23(8-4-1)29-17-21-15-25(11-13-27(21)31-19-29)33-26-12-14-28-22(16-26)18-30(20-32-28)24-9-5-2-6-10-24;1-3-7-25(8-4-1)29-17-23-15-21(11-13-27(23)31-19-29)22-12-14-28-24(16-22)18-30(20-32-28)26-9-5-2-6-10-26/h2*1-16H,17-20H2;1-16H,17-20H2;1-16H,17-20H2. The average Bonchev–Trinajstić information content (AvgIpc) is 0.784. The predicted molar refractivity (Wildman–Crippen MR) is 522 cm³/mol. The lowest BCUT2D eigenvalue weighted by molar-refractivity contribution is 0.103. The predicted octanol–water partition coefficient (Wildman–Crippen LogP) is 23.5. The smallest absolute Gasteiger partial charge is 0.193 e. The van der Waals surface area contributed by atoms with E-state index >= 15 is 0 Å². The van der Waals surface area contributed by atoms with Gasteiger partial charge in [-0.2, -0.15) is 0 Å². The molecular weight excluding hydrogens is 1660 g/mol. The molecule has 16 aromatic rings. The number of para-hydroxylation sites is 8. The van der Waals surface area contributed by atoms with Gasteiger partial charge in [0.05, 0.1) is 0 Å². The van der Waals surface area contributed by atoms with Crippen LogP contribution >= 0.6 is 0 Å². The third-order valence-corrected chi connectivity index (χ3v) is 24.9. The highest BCUT2D eigenvalue weighted by Gasteiger charge is 2.30. The van der Waals surface area contributed by atoms with Crippen molar-refractivity contribution in [3.63, 3.8) is 0 Å². The van der Waals surface area contributed by atoms with Gasteiger partial charge in [0.1, 0.15) is 57.5 Å². The molecule has 0 aromatic heterocycles. The molecule has 0 unspecified atom stereocenters. The van der Waals surface area contributed by atoms with Gasteiger partial charge in [0, 0.05) is 165 Å². The second-order valence-corrected chi connectivity index (χ2v) is 33.7. The van der Waals surface area contributed by atoms with Gasteiger partial charge >= 0.3 is 0 Å². The van der Waals surface area contributed by atoms with E-state index in [2.05, 4.69) is 209 Å². The molecule has 0 saturated carbocycles. The molecule has 0 amide bonds. The van der Waals surface area contributed by atoms with Gasteiger partial charge < -0.3 is 81.8 Å². The zero-order valence-electron chi connectivity index (χ0n) is 73.3. The summed E-state index contributed by atoms with van der Waals surface area (Å²) in [4.78, 5) is 44.4. The molecule has 133 heavy (non-hydrogen) atoms. The van der Waals surface area contributed by atoms with Crippen LogP contribution in [0.1, 0.15) is 76.4 Å². The molecule has 19 nitrogen and oxygen atoms in total. The maximum Gasteiger partial charge on any atom is 0.193 e. The lowest BCUT2D eigenvalue weighted by Gasteiger charge is -2.31. The van der Waals surface area contributed by atoms with Gasteiger partial charge in [0.25, 0.3) is 0 Å². The molecule has 19 heteroatoms. The molecule has 0 bridgehead atoms. The van der Waals surface area contributed by atoms with Gasteiger partial charge in [0.2, 0.25) is 0 Å². The lowest BCUT2D eigenvalue weighted by Crippen LogP contribution is -2.32. The van der Waals surface area contributed by atoms with Gasteiger partial charge in [-0.1, -0.05) is 158 Å². The first-order chi connectivity index (χ1) is 65.6. The number of nitrogens with zero attached hydrogens (tertiary/aromatic N) is 8. The van der Waals surface area contributed by atoms with E-state index in [0.717, 1.165) is 151 Å². The zero-order chi connectivity index (χ0) is 89.2. The number of hydrogen-bond acceptors (Lipinski definition) is 19. The molecule has 8 heterocycles. The molecule has 0 aliphatic carbocycles. The largest absolute Gasteiger partial charge is 0.473 e. The van der Waals surface area contributed by atoms with Crippen molar-refractivity contribution in [1.29, 1.82) is 0 Å². The summed E-state index contributed by atoms with van der Waals surface area (Å²) in [5.74, 6) is 8.68. The topological polar surface area (TPSA) is 143 Å². The average molecular weight is 1750 g/mol. The first-order valence-corrected chi connectivity index (χ1v) is 44.9. The molecule has 16 aromatic carbocycles. The number of ether oxygens (including phenoxy) is 9. The van der Waals surface area contributed by atoms with Gasteiger partial charge in [-0.15, -0.1) is 0 Å². The number of ketones is 2. The van der Waals surface area contributed by atoms with Crippen LogP contribution < -0.4 is 81.8 Å². The number of benzene rings is 16. The van der Waals surface area contributed by atoms with Crippen molar-refractivity contribution in [2.24, 2.45) is 0 Å². The summed E-state index contributed by atoms with van der Waals surface area (Å²) in [6, 6.07) is 130. The van der Waals surface area contributed by atoms with E-state index in [-0.39, 0.29) is 11.6 Å². The van der Waals surface area contributed by atoms with Crippen LogP contribution in [-0.4, -0.2) is 65.4 Å². The number of anilines is 8. The van der Waals surface area contributed by atoms with E-state index in [1.54, 1.807) is 0 Å². The van der Waals surface area contributed by atoms with Crippen LogP contribution in [0.4, 0.5) is 45.5 Å². The van der Waals surface area contributed by atoms with Crippen molar-refractivity contribution in [2.45, 2.75) is 52.4 Å². The zero-order valence-corrected chi connectivity index (χ0v) is 73.3. The monoisotopic (exact) mass is 1750 g/mol. The highest BCUT2D eigenvalue weighted by molar-refractivity contribution is 6.10. The summed E-state index contributed by atoms with van der Waals surface area (Å²) in [5.41, 5.74) is 22.8. The molecule has 24 rings (SSSR count). The van der Waals surface area contributed by atoms with Crippen LogP contribution in [0.3, 0.4) is 0 Å². The fourth-order valence-electron chi connectivity index (χ4n) is 17.9. The van der Waals surface area contributed by atoms with E-state index in [0.29, 0.717) is 102 Å². The first-order valence-electron chi connectivity index (χ1n) is 44.9. The summed E-state index contributed by atoms with van der Waals surface area (Å²) in [7, 11) is 0. The molecular formula is C114H96N8O11. The van der Waals surface area contributed by atoms with Crippen LogP contribution in [0.15, 0.2) is 388 Å². The minimum Gasteiger partial charge on any atom is -0.473 e. The van der Waals surface area contributed by atoms with E-state index < -0.39 is 0 Å². The summed E-state index contributed by atoms with van der Waals surface area (Å²) in [5, 5.41) is 0. The van der Waals surface area contributed by atoms with E-state index in [1.165, 1.54) is 33.6 Å². The molecule has 0 atom stereocenters. The Kier molecular flexibility index (Phi) is 24.1. The third kappa shape index (κ3) is 19.0. The van der Waals surface area contributed by atoms with Crippen molar-refractivity contribution in [2.75, 3.05) is 93.0 Å². The van der Waals surface area contributed by atoms with Crippen molar-refractivity contribution in [3.8, 4) is 68.6 Å². The Hall–Kier alpha value is -16.5. The third-order valence-electron chi connectivity index (χ3n) is 24.9. The Labute approximate surface area is 773 Å². The Morgan fingerprint density at radius 3 is 0.541 bits per heavy atom. The molecule has 8 aliphatic heterocycles. The fraction of sp³-hybridized carbons (Fsp3) is 0.140. The summed E-state index contributed by atoms with van der Waals surface area (Å²) < 4.78 is 54.1. The van der Waals surface area contributed by atoms with Crippen LogP contribution in [0.5, 0.6) is 57.5 Å². The van der Waals surface area contributed by atoms with Crippen molar-refractivity contribution < 1.29 is 52.2 Å². The summed E-state index contributed by atoms with van der Waals surface area (Å²) in [6.45, 7) is 10.2. The summed E-state index contributed by atoms with van der Waals surface area (Å²) in [6.07, 6.45) is 0. The molecule has 0 N–H and O–H groups in total.